The Kier molecular flexibility index (Phi) is 6.30. The molecule has 2 fully saturated rings. The molecule has 2 aliphatic heterocycles. The minimum atomic E-state index is 0.347. The minimum absolute atomic E-state index is 0.347. The molecule has 0 radical (unpaired) electrons. The molecule has 4 nitrogen and oxygen atoms in total. The van der Waals surface area contributed by atoms with Crippen molar-refractivity contribution < 1.29 is 4.79 Å². The van der Waals surface area contributed by atoms with Crippen LogP contribution in [0.3, 0.4) is 0 Å². The van der Waals surface area contributed by atoms with Crippen molar-refractivity contribution in [1.82, 2.24) is 15.1 Å². The van der Waals surface area contributed by atoms with Gasteiger partial charge in [0.25, 0.3) is 0 Å². The predicted octanol–water partition coefficient (Wildman–Crippen LogP) is 1.85. The van der Waals surface area contributed by atoms with E-state index in [4.69, 9.17) is 0 Å². The molecule has 0 aromatic heterocycles. The standard InChI is InChI=1S/C16H31N3O/c1-3-17-14(2)15-9-5-8-12-19(15)13-16(20)18-10-6-4-7-11-18/h14-15,17H,3-13H2,1-2H3. The van der Waals surface area contributed by atoms with Gasteiger partial charge >= 0.3 is 0 Å². The molecule has 1 amide bonds. The first-order valence-corrected chi connectivity index (χ1v) is 8.47. The van der Waals surface area contributed by atoms with Gasteiger partial charge in [0.1, 0.15) is 0 Å². The average Bonchev–Trinajstić information content (AvgIpc) is 2.49. The first-order valence-electron chi connectivity index (χ1n) is 8.47. The molecular formula is C16H31N3O. The highest BCUT2D eigenvalue weighted by atomic mass is 16.2. The molecular weight excluding hydrogens is 250 g/mol. The Labute approximate surface area is 123 Å². The number of likely N-dealkylation sites (tertiary alicyclic amines) is 2. The van der Waals surface area contributed by atoms with Crippen molar-refractivity contribution >= 4 is 5.91 Å². The number of amides is 1. The number of nitrogens with one attached hydrogen (secondary N) is 1. The fraction of sp³-hybridized carbons (Fsp3) is 0.938. The van der Waals surface area contributed by atoms with E-state index in [9.17, 15) is 4.79 Å². The molecule has 2 aliphatic rings. The van der Waals surface area contributed by atoms with Crippen LogP contribution in [0.4, 0.5) is 0 Å². The van der Waals surface area contributed by atoms with Crippen molar-refractivity contribution in [2.24, 2.45) is 0 Å². The molecule has 20 heavy (non-hydrogen) atoms. The van der Waals surface area contributed by atoms with Crippen molar-refractivity contribution in [2.75, 3.05) is 32.7 Å². The van der Waals surface area contributed by atoms with E-state index in [0.717, 1.165) is 26.2 Å². The second-order valence-corrected chi connectivity index (χ2v) is 6.32. The molecule has 2 saturated heterocycles. The van der Waals surface area contributed by atoms with Crippen LogP contribution in [0.15, 0.2) is 0 Å². The van der Waals surface area contributed by atoms with Gasteiger partial charge in [-0.2, -0.15) is 0 Å². The molecule has 4 heteroatoms. The number of likely N-dealkylation sites (N-methyl/N-ethyl adjacent to an activating group) is 1. The Bertz CT molecular complexity index is 302. The van der Waals surface area contributed by atoms with Gasteiger partial charge in [-0.05, 0) is 52.1 Å². The van der Waals surface area contributed by atoms with Crippen molar-refractivity contribution in [3.63, 3.8) is 0 Å². The van der Waals surface area contributed by atoms with E-state index in [-0.39, 0.29) is 0 Å². The number of hydrogen-bond acceptors (Lipinski definition) is 3. The van der Waals surface area contributed by atoms with Gasteiger partial charge in [0.05, 0.1) is 6.54 Å². The fourth-order valence-corrected chi connectivity index (χ4v) is 3.65. The van der Waals surface area contributed by atoms with Gasteiger partial charge in [-0.1, -0.05) is 13.3 Å². The van der Waals surface area contributed by atoms with E-state index in [1.54, 1.807) is 0 Å². The highest BCUT2D eigenvalue weighted by molar-refractivity contribution is 5.78. The maximum atomic E-state index is 12.5. The second kappa shape index (κ2) is 7.99. The summed E-state index contributed by atoms with van der Waals surface area (Å²) < 4.78 is 0. The molecule has 0 bridgehead atoms. The molecule has 0 aromatic rings. The third kappa shape index (κ3) is 4.19. The Morgan fingerprint density at radius 3 is 2.55 bits per heavy atom. The van der Waals surface area contributed by atoms with Crippen molar-refractivity contribution in [2.45, 2.75) is 64.5 Å². The molecule has 2 rings (SSSR count). The Balaban J connectivity index is 1.88. The van der Waals surface area contributed by atoms with Crippen LogP contribution in [-0.4, -0.2) is 60.5 Å². The Morgan fingerprint density at radius 1 is 1.15 bits per heavy atom. The Hall–Kier alpha value is -0.610. The summed E-state index contributed by atoms with van der Waals surface area (Å²) in [6.07, 6.45) is 7.42. The quantitative estimate of drug-likeness (QED) is 0.835. The van der Waals surface area contributed by atoms with Gasteiger partial charge in [-0.3, -0.25) is 9.69 Å². The lowest BCUT2D eigenvalue weighted by molar-refractivity contribution is -0.134. The van der Waals surface area contributed by atoms with E-state index in [0.29, 0.717) is 24.5 Å². The maximum absolute atomic E-state index is 12.5. The summed E-state index contributed by atoms with van der Waals surface area (Å²) in [5.74, 6) is 0.347. The normalized spacial score (nSPS) is 26.5. The van der Waals surface area contributed by atoms with Gasteiger partial charge in [-0.25, -0.2) is 0 Å². The van der Waals surface area contributed by atoms with Crippen LogP contribution in [0, 0.1) is 0 Å². The van der Waals surface area contributed by atoms with E-state index >= 15 is 0 Å². The number of carbonyl (C=O) groups excluding carboxylic acids is 1. The number of carbonyl (C=O) groups is 1. The number of hydrogen-bond donors (Lipinski definition) is 1. The lowest BCUT2D eigenvalue weighted by Crippen LogP contribution is -2.54. The zero-order chi connectivity index (χ0) is 14.4. The monoisotopic (exact) mass is 281 g/mol. The van der Waals surface area contributed by atoms with Crippen LogP contribution in [0.1, 0.15) is 52.4 Å². The predicted molar refractivity (Wildman–Crippen MR) is 82.8 cm³/mol. The maximum Gasteiger partial charge on any atom is 0.236 e. The molecule has 2 unspecified atom stereocenters. The van der Waals surface area contributed by atoms with Gasteiger partial charge < -0.3 is 10.2 Å². The largest absolute Gasteiger partial charge is 0.342 e. The van der Waals surface area contributed by atoms with Crippen LogP contribution in [0.5, 0.6) is 0 Å². The van der Waals surface area contributed by atoms with Crippen LogP contribution >= 0.6 is 0 Å². The van der Waals surface area contributed by atoms with Crippen molar-refractivity contribution in [1.29, 1.82) is 0 Å². The molecule has 0 spiro atoms. The molecule has 0 aliphatic carbocycles. The summed E-state index contributed by atoms with van der Waals surface area (Å²) in [6.45, 7) is 9.08. The lowest BCUT2D eigenvalue weighted by atomic mass is 9.96. The number of rotatable bonds is 5. The summed E-state index contributed by atoms with van der Waals surface area (Å²) in [5.41, 5.74) is 0. The lowest BCUT2D eigenvalue weighted by Gasteiger charge is -2.40. The van der Waals surface area contributed by atoms with Gasteiger partial charge in [0, 0.05) is 25.2 Å². The van der Waals surface area contributed by atoms with E-state index in [2.05, 4.69) is 29.0 Å². The SMILES string of the molecule is CCNC(C)C1CCCCN1CC(=O)N1CCCCC1. The molecule has 2 heterocycles. The molecule has 2 atom stereocenters. The number of piperidine rings is 2. The molecule has 0 aromatic carbocycles. The third-order valence-corrected chi connectivity index (χ3v) is 4.81. The molecule has 116 valence electrons. The summed E-state index contributed by atoms with van der Waals surface area (Å²) in [4.78, 5) is 17.0. The van der Waals surface area contributed by atoms with Crippen molar-refractivity contribution in [3.8, 4) is 0 Å². The first kappa shape index (κ1) is 15.8. The van der Waals surface area contributed by atoms with E-state index in [1.807, 2.05) is 0 Å². The summed E-state index contributed by atoms with van der Waals surface area (Å²) >= 11 is 0. The van der Waals surface area contributed by atoms with E-state index in [1.165, 1.54) is 38.5 Å². The van der Waals surface area contributed by atoms with Gasteiger partial charge in [0.2, 0.25) is 5.91 Å². The first-order chi connectivity index (χ1) is 9.72. The van der Waals surface area contributed by atoms with Crippen LogP contribution < -0.4 is 5.32 Å². The molecule has 0 saturated carbocycles. The highest BCUT2D eigenvalue weighted by Gasteiger charge is 2.29. The highest BCUT2D eigenvalue weighted by Crippen LogP contribution is 2.20. The summed E-state index contributed by atoms with van der Waals surface area (Å²) in [7, 11) is 0. The summed E-state index contributed by atoms with van der Waals surface area (Å²) in [6, 6.07) is 1.01. The smallest absolute Gasteiger partial charge is 0.236 e. The van der Waals surface area contributed by atoms with E-state index < -0.39 is 0 Å². The van der Waals surface area contributed by atoms with Gasteiger partial charge in [-0.15, -0.1) is 0 Å². The van der Waals surface area contributed by atoms with Crippen LogP contribution in [-0.2, 0) is 4.79 Å². The van der Waals surface area contributed by atoms with Crippen LogP contribution in [0.2, 0.25) is 0 Å². The zero-order valence-electron chi connectivity index (χ0n) is 13.2. The minimum Gasteiger partial charge on any atom is -0.342 e. The van der Waals surface area contributed by atoms with Crippen molar-refractivity contribution in [3.05, 3.63) is 0 Å². The Morgan fingerprint density at radius 2 is 1.85 bits per heavy atom. The molecule has 1 N–H and O–H groups in total. The zero-order valence-corrected chi connectivity index (χ0v) is 13.2. The topological polar surface area (TPSA) is 35.6 Å². The fourth-order valence-electron chi connectivity index (χ4n) is 3.65. The summed E-state index contributed by atoms with van der Waals surface area (Å²) in [5, 5.41) is 3.53. The third-order valence-electron chi connectivity index (χ3n) is 4.81. The van der Waals surface area contributed by atoms with Gasteiger partial charge in [0.15, 0.2) is 0 Å². The second-order valence-electron chi connectivity index (χ2n) is 6.32. The average molecular weight is 281 g/mol. The van der Waals surface area contributed by atoms with Crippen LogP contribution in [0.25, 0.3) is 0 Å². The number of nitrogens with zero attached hydrogens (tertiary/aromatic N) is 2.